The molecule has 0 fully saturated rings. The highest BCUT2D eigenvalue weighted by molar-refractivity contribution is 5.77. The number of rotatable bonds is 8. The quantitative estimate of drug-likeness (QED) is 0.740. The molecule has 1 rings (SSSR count). The molecule has 1 aromatic carbocycles. The first-order chi connectivity index (χ1) is 9.62. The van der Waals surface area contributed by atoms with Crippen LogP contribution in [0.1, 0.15) is 25.5 Å². The molecule has 0 saturated carbocycles. The van der Waals surface area contributed by atoms with E-state index in [9.17, 15) is 9.18 Å². The Kier molecular flexibility index (Phi) is 7.18. The molecule has 1 unspecified atom stereocenters. The molecule has 0 bridgehead atoms. The third-order valence-corrected chi connectivity index (χ3v) is 3.31. The van der Waals surface area contributed by atoms with Crippen molar-refractivity contribution in [3.63, 3.8) is 0 Å². The van der Waals surface area contributed by atoms with Crippen LogP contribution < -0.4 is 5.32 Å². The fraction of sp³-hybridized carbons (Fsp3) is 0.533. The monoisotopic (exact) mass is 282 g/mol. The fourth-order valence-electron chi connectivity index (χ4n) is 2.02. The summed E-state index contributed by atoms with van der Waals surface area (Å²) < 4.78 is 17.7. The van der Waals surface area contributed by atoms with Gasteiger partial charge in [-0.25, -0.2) is 9.18 Å². The number of methoxy groups -OCH3 is 1. The smallest absolute Gasteiger partial charge is 0.327 e. The van der Waals surface area contributed by atoms with Crippen molar-refractivity contribution in [3.05, 3.63) is 35.6 Å². The summed E-state index contributed by atoms with van der Waals surface area (Å²) in [5.41, 5.74) is 0.706. The highest BCUT2D eigenvalue weighted by Gasteiger charge is 2.20. The van der Waals surface area contributed by atoms with Crippen LogP contribution >= 0.6 is 0 Å². The third-order valence-electron chi connectivity index (χ3n) is 3.31. The van der Waals surface area contributed by atoms with Gasteiger partial charge in [0.25, 0.3) is 0 Å². The molecule has 1 atom stereocenters. The van der Waals surface area contributed by atoms with Crippen LogP contribution in [0.2, 0.25) is 0 Å². The van der Waals surface area contributed by atoms with Gasteiger partial charge in [0.1, 0.15) is 11.9 Å². The van der Waals surface area contributed by atoms with Crippen molar-refractivity contribution in [1.82, 2.24) is 10.2 Å². The maximum Gasteiger partial charge on any atom is 0.327 e. The van der Waals surface area contributed by atoms with E-state index >= 15 is 0 Å². The van der Waals surface area contributed by atoms with Gasteiger partial charge in [-0.3, -0.25) is 5.32 Å². The average Bonchev–Trinajstić information content (AvgIpc) is 2.48. The predicted molar refractivity (Wildman–Crippen MR) is 76.9 cm³/mol. The summed E-state index contributed by atoms with van der Waals surface area (Å²) in [6.45, 7) is 7.65. The lowest BCUT2D eigenvalue weighted by Crippen LogP contribution is -2.36. The summed E-state index contributed by atoms with van der Waals surface area (Å²) in [5.74, 6) is -0.684. The van der Waals surface area contributed by atoms with Crippen molar-refractivity contribution in [1.29, 1.82) is 0 Å². The zero-order chi connectivity index (χ0) is 15.0. The highest BCUT2D eigenvalue weighted by Crippen LogP contribution is 2.15. The van der Waals surface area contributed by atoms with Gasteiger partial charge in [-0.05, 0) is 30.8 Å². The maximum absolute atomic E-state index is 12.9. The Labute approximate surface area is 119 Å². The molecule has 0 spiro atoms. The molecule has 1 aromatic rings. The summed E-state index contributed by atoms with van der Waals surface area (Å²) >= 11 is 0. The second-order valence-electron chi connectivity index (χ2n) is 4.49. The number of hydrogen-bond donors (Lipinski definition) is 1. The molecule has 112 valence electrons. The molecular formula is C15H23FN2O2. The first kappa shape index (κ1) is 16.6. The number of halogens is 1. The Balaban J connectivity index is 2.66. The summed E-state index contributed by atoms with van der Waals surface area (Å²) in [5, 5.41) is 3.17. The van der Waals surface area contributed by atoms with Gasteiger partial charge in [-0.1, -0.05) is 26.0 Å². The van der Waals surface area contributed by atoms with Crippen molar-refractivity contribution < 1.29 is 13.9 Å². The lowest BCUT2D eigenvalue weighted by Gasteiger charge is -2.21. The number of nitrogens with one attached hydrogen (secondary N) is 1. The van der Waals surface area contributed by atoms with E-state index in [-0.39, 0.29) is 11.8 Å². The SMILES string of the molecule is CCN(CC)CCNC(C(=O)OC)c1ccc(F)cc1. The van der Waals surface area contributed by atoms with Crippen LogP contribution in [0.25, 0.3) is 0 Å². The van der Waals surface area contributed by atoms with E-state index in [1.54, 1.807) is 12.1 Å². The van der Waals surface area contributed by atoms with Crippen LogP contribution in [0.3, 0.4) is 0 Å². The van der Waals surface area contributed by atoms with Gasteiger partial charge in [-0.2, -0.15) is 0 Å². The molecule has 0 saturated heterocycles. The Bertz CT molecular complexity index is 405. The lowest BCUT2D eigenvalue weighted by atomic mass is 10.1. The van der Waals surface area contributed by atoms with Crippen molar-refractivity contribution >= 4 is 5.97 Å². The molecule has 0 aliphatic carbocycles. The van der Waals surface area contributed by atoms with Gasteiger partial charge >= 0.3 is 5.97 Å². The molecule has 0 aliphatic rings. The maximum atomic E-state index is 12.9. The minimum absolute atomic E-state index is 0.319. The summed E-state index contributed by atoms with van der Waals surface area (Å²) in [4.78, 5) is 14.1. The standard InChI is InChI=1S/C15H23FN2O2/c1-4-18(5-2)11-10-17-14(15(19)20-3)12-6-8-13(16)9-7-12/h6-9,14,17H,4-5,10-11H2,1-3H3. The number of benzene rings is 1. The number of hydrogen-bond acceptors (Lipinski definition) is 4. The van der Waals surface area contributed by atoms with Crippen molar-refractivity contribution in [2.24, 2.45) is 0 Å². The zero-order valence-electron chi connectivity index (χ0n) is 12.4. The predicted octanol–water partition coefficient (Wildman–Crippen LogP) is 1.97. The van der Waals surface area contributed by atoms with Crippen molar-refractivity contribution in [2.75, 3.05) is 33.3 Å². The average molecular weight is 282 g/mol. The molecule has 0 radical (unpaired) electrons. The van der Waals surface area contributed by atoms with Gasteiger partial charge in [0, 0.05) is 13.1 Å². The third kappa shape index (κ3) is 4.90. The molecule has 20 heavy (non-hydrogen) atoms. The second kappa shape index (κ2) is 8.66. The molecule has 5 heteroatoms. The van der Waals surface area contributed by atoms with E-state index in [1.807, 2.05) is 0 Å². The largest absolute Gasteiger partial charge is 0.468 e. The number of carbonyl (C=O) groups excluding carboxylic acids is 1. The fourth-order valence-corrected chi connectivity index (χ4v) is 2.02. The number of esters is 1. The van der Waals surface area contributed by atoms with Gasteiger partial charge in [0.2, 0.25) is 0 Å². The first-order valence-electron chi connectivity index (χ1n) is 6.91. The molecule has 0 aliphatic heterocycles. The van der Waals surface area contributed by atoms with Crippen LogP contribution in [0.5, 0.6) is 0 Å². The van der Waals surface area contributed by atoms with Gasteiger partial charge in [0.05, 0.1) is 7.11 Å². The van der Waals surface area contributed by atoms with E-state index < -0.39 is 6.04 Å². The van der Waals surface area contributed by atoms with Gasteiger partial charge in [0.15, 0.2) is 0 Å². The number of carbonyl (C=O) groups is 1. The normalized spacial score (nSPS) is 12.4. The molecule has 0 aromatic heterocycles. The van der Waals surface area contributed by atoms with Crippen LogP contribution in [-0.4, -0.2) is 44.2 Å². The van der Waals surface area contributed by atoms with E-state index in [2.05, 4.69) is 24.1 Å². The Morgan fingerprint density at radius 3 is 2.40 bits per heavy atom. The highest BCUT2D eigenvalue weighted by atomic mass is 19.1. The van der Waals surface area contributed by atoms with Crippen molar-refractivity contribution in [2.45, 2.75) is 19.9 Å². The summed E-state index contributed by atoms with van der Waals surface area (Å²) in [6, 6.07) is 5.33. The van der Waals surface area contributed by atoms with E-state index in [0.717, 1.165) is 19.6 Å². The Morgan fingerprint density at radius 1 is 1.30 bits per heavy atom. The van der Waals surface area contributed by atoms with Crippen LogP contribution in [-0.2, 0) is 9.53 Å². The van der Waals surface area contributed by atoms with Crippen molar-refractivity contribution in [3.8, 4) is 0 Å². The molecular weight excluding hydrogens is 259 g/mol. The Hall–Kier alpha value is -1.46. The first-order valence-corrected chi connectivity index (χ1v) is 6.91. The lowest BCUT2D eigenvalue weighted by molar-refractivity contribution is -0.143. The van der Waals surface area contributed by atoms with E-state index in [4.69, 9.17) is 4.74 Å². The van der Waals surface area contributed by atoms with Crippen LogP contribution in [0, 0.1) is 5.82 Å². The molecule has 1 N–H and O–H groups in total. The second-order valence-corrected chi connectivity index (χ2v) is 4.49. The summed E-state index contributed by atoms with van der Waals surface area (Å²) in [7, 11) is 1.35. The molecule has 0 heterocycles. The zero-order valence-corrected chi connectivity index (χ0v) is 12.4. The van der Waals surface area contributed by atoms with Gasteiger partial charge in [-0.15, -0.1) is 0 Å². The van der Waals surface area contributed by atoms with Crippen LogP contribution in [0.15, 0.2) is 24.3 Å². The molecule has 0 amide bonds. The topological polar surface area (TPSA) is 41.6 Å². The Morgan fingerprint density at radius 2 is 1.90 bits per heavy atom. The van der Waals surface area contributed by atoms with Gasteiger partial charge < -0.3 is 9.64 Å². The summed E-state index contributed by atoms with van der Waals surface area (Å²) in [6.07, 6.45) is 0. The number of nitrogens with zero attached hydrogens (tertiary/aromatic N) is 1. The minimum atomic E-state index is -0.559. The van der Waals surface area contributed by atoms with Crippen LogP contribution in [0.4, 0.5) is 4.39 Å². The van der Waals surface area contributed by atoms with E-state index in [0.29, 0.717) is 12.1 Å². The number of ether oxygens (including phenoxy) is 1. The minimum Gasteiger partial charge on any atom is -0.468 e. The number of likely N-dealkylation sites (N-methyl/N-ethyl adjacent to an activating group) is 1. The molecule has 4 nitrogen and oxygen atoms in total. The van der Waals surface area contributed by atoms with E-state index in [1.165, 1.54) is 19.2 Å².